The van der Waals surface area contributed by atoms with E-state index >= 15 is 0 Å². The van der Waals surface area contributed by atoms with Crippen LogP contribution < -0.4 is 0 Å². The molecular weight excluding hydrogens is 232 g/mol. The molecule has 1 N–H and O–H groups in total. The summed E-state index contributed by atoms with van der Waals surface area (Å²) in [5.41, 5.74) is 1.02. The van der Waals surface area contributed by atoms with Crippen molar-refractivity contribution in [1.29, 1.82) is 0 Å². The lowest BCUT2D eigenvalue weighted by molar-refractivity contribution is 0.0632. The van der Waals surface area contributed by atoms with Gasteiger partial charge in [-0.3, -0.25) is 0 Å². The Hall–Kier alpha value is -1.05. The number of hydrogen-bond acceptors (Lipinski definition) is 1. The predicted molar refractivity (Wildman–Crippen MR) is 71.3 cm³/mol. The molecule has 88 valence electrons. The van der Waals surface area contributed by atoms with E-state index in [4.69, 9.17) is 11.6 Å². The van der Waals surface area contributed by atoms with Gasteiger partial charge in [0.05, 0.1) is 6.10 Å². The average Bonchev–Trinajstić information content (AvgIpc) is 2.27. The molecule has 2 aromatic rings. The molecular formula is C15H15ClO. The lowest BCUT2D eigenvalue weighted by Crippen LogP contribution is -2.20. The highest BCUT2D eigenvalue weighted by molar-refractivity contribution is 6.35. The van der Waals surface area contributed by atoms with Crippen molar-refractivity contribution >= 4 is 22.4 Å². The first-order valence-electron chi connectivity index (χ1n) is 6.12. The summed E-state index contributed by atoms with van der Waals surface area (Å²) < 4.78 is 0. The highest BCUT2D eigenvalue weighted by Crippen LogP contribution is 2.40. The van der Waals surface area contributed by atoms with E-state index in [1.54, 1.807) is 0 Å². The van der Waals surface area contributed by atoms with Gasteiger partial charge in [-0.2, -0.15) is 0 Å². The van der Waals surface area contributed by atoms with E-state index in [0.29, 0.717) is 5.92 Å². The molecule has 3 rings (SSSR count). The minimum absolute atomic E-state index is 0.342. The zero-order valence-corrected chi connectivity index (χ0v) is 10.3. The predicted octanol–water partition coefficient (Wildman–Crippen LogP) is 4.33. The van der Waals surface area contributed by atoms with Crippen molar-refractivity contribution in [3.05, 3.63) is 47.0 Å². The summed E-state index contributed by atoms with van der Waals surface area (Å²) in [5.74, 6) is 0.430. The molecule has 2 heteroatoms. The van der Waals surface area contributed by atoms with Crippen LogP contribution in [0.1, 0.15) is 30.9 Å². The monoisotopic (exact) mass is 246 g/mol. The largest absolute Gasteiger partial charge is 0.388 e. The van der Waals surface area contributed by atoms with Crippen LogP contribution in [-0.2, 0) is 0 Å². The molecule has 1 atom stereocenters. The summed E-state index contributed by atoms with van der Waals surface area (Å²) >= 11 is 6.18. The highest BCUT2D eigenvalue weighted by atomic mass is 35.5. The van der Waals surface area contributed by atoms with Gasteiger partial charge in [0.25, 0.3) is 0 Å². The van der Waals surface area contributed by atoms with Crippen molar-refractivity contribution in [1.82, 2.24) is 0 Å². The summed E-state index contributed by atoms with van der Waals surface area (Å²) in [7, 11) is 0. The van der Waals surface area contributed by atoms with Crippen LogP contribution in [0, 0.1) is 5.92 Å². The van der Waals surface area contributed by atoms with Gasteiger partial charge in [0.15, 0.2) is 0 Å². The van der Waals surface area contributed by atoms with Gasteiger partial charge >= 0.3 is 0 Å². The highest BCUT2D eigenvalue weighted by Gasteiger charge is 2.27. The second-order valence-electron chi connectivity index (χ2n) is 4.82. The second kappa shape index (κ2) is 4.32. The van der Waals surface area contributed by atoms with Gasteiger partial charge in [-0.15, -0.1) is 0 Å². The summed E-state index contributed by atoms with van der Waals surface area (Å²) in [6, 6.07) is 11.9. The van der Waals surface area contributed by atoms with Gasteiger partial charge in [0.1, 0.15) is 0 Å². The zero-order chi connectivity index (χ0) is 11.8. The Morgan fingerprint density at radius 3 is 2.41 bits per heavy atom. The van der Waals surface area contributed by atoms with Crippen LogP contribution in [0.3, 0.4) is 0 Å². The molecule has 0 heterocycles. The second-order valence-corrected chi connectivity index (χ2v) is 5.23. The molecule has 0 bridgehead atoms. The van der Waals surface area contributed by atoms with Crippen LogP contribution in [-0.4, -0.2) is 5.11 Å². The molecule has 2 aromatic carbocycles. The molecule has 1 fully saturated rings. The first-order valence-corrected chi connectivity index (χ1v) is 6.50. The molecule has 17 heavy (non-hydrogen) atoms. The number of hydrogen-bond donors (Lipinski definition) is 1. The van der Waals surface area contributed by atoms with Gasteiger partial charge < -0.3 is 5.11 Å². The Balaban J connectivity index is 2.12. The van der Waals surface area contributed by atoms with E-state index < -0.39 is 0 Å². The van der Waals surface area contributed by atoms with Gasteiger partial charge in [0.2, 0.25) is 0 Å². The van der Waals surface area contributed by atoms with Gasteiger partial charge in [-0.1, -0.05) is 48.4 Å². The minimum atomic E-state index is -0.342. The van der Waals surface area contributed by atoms with Crippen molar-refractivity contribution in [2.75, 3.05) is 0 Å². The fourth-order valence-electron chi connectivity index (χ4n) is 2.55. The first-order chi connectivity index (χ1) is 8.27. The van der Waals surface area contributed by atoms with Crippen molar-refractivity contribution in [3.8, 4) is 0 Å². The number of aliphatic hydroxyl groups is 1. The molecule has 0 radical (unpaired) electrons. The molecule has 1 aliphatic carbocycles. The van der Waals surface area contributed by atoms with Crippen LogP contribution in [0.2, 0.25) is 5.02 Å². The maximum absolute atomic E-state index is 10.4. The van der Waals surface area contributed by atoms with E-state index in [0.717, 1.165) is 34.2 Å². The molecule has 1 aliphatic rings. The summed E-state index contributed by atoms with van der Waals surface area (Å²) in [4.78, 5) is 0. The summed E-state index contributed by atoms with van der Waals surface area (Å²) in [6.45, 7) is 0. The van der Waals surface area contributed by atoms with Gasteiger partial charge in [-0.05, 0) is 35.8 Å². The van der Waals surface area contributed by atoms with E-state index in [9.17, 15) is 5.11 Å². The molecule has 0 saturated heterocycles. The van der Waals surface area contributed by atoms with Crippen molar-refractivity contribution in [2.45, 2.75) is 25.4 Å². The number of rotatable bonds is 2. The standard InChI is InChI=1S/C15H15ClO/c16-14-9-8-13(15(17)10-4-3-5-10)11-6-1-2-7-12(11)14/h1-2,6-10,15,17H,3-5H2. The van der Waals surface area contributed by atoms with Crippen LogP contribution >= 0.6 is 11.6 Å². The fraction of sp³-hybridized carbons (Fsp3) is 0.333. The third-order valence-corrected chi connectivity index (χ3v) is 4.15. The van der Waals surface area contributed by atoms with Crippen LogP contribution in [0.4, 0.5) is 0 Å². The van der Waals surface area contributed by atoms with Crippen LogP contribution in [0.25, 0.3) is 10.8 Å². The average molecular weight is 247 g/mol. The Bertz CT molecular complexity index is 546. The maximum Gasteiger partial charge on any atom is 0.0824 e. The number of aliphatic hydroxyl groups excluding tert-OH is 1. The number of halogens is 1. The van der Waals surface area contributed by atoms with Crippen LogP contribution in [0.5, 0.6) is 0 Å². The molecule has 0 spiro atoms. The Kier molecular flexibility index (Phi) is 2.81. The maximum atomic E-state index is 10.4. The van der Waals surface area contributed by atoms with E-state index in [1.807, 2.05) is 36.4 Å². The van der Waals surface area contributed by atoms with Gasteiger partial charge in [-0.25, -0.2) is 0 Å². The Morgan fingerprint density at radius 2 is 1.76 bits per heavy atom. The van der Waals surface area contributed by atoms with E-state index in [1.165, 1.54) is 6.42 Å². The summed E-state index contributed by atoms with van der Waals surface area (Å²) in [5, 5.41) is 13.3. The molecule has 0 aliphatic heterocycles. The third kappa shape index (κ3) is 1.84. The molecule has 1 saturated carbocycles. The zero-order valence-electron chi connectivity index (χ0n) is 9.57. The van der Waals surface area contributed by atoms with E-state index in [-0.39, 0.29) is 6.10 Å². The normalized spacial score (nSPS) is 18.0. The van der Waals surface area contributed by atoms with E-state index in [2.05, 4.69) is 0 Å². The Labute approximate surface area is 106 Å². The molecule has 1 nitrogen and oxygen atoms in total. The fourth-order valence-corrected chi connectivity index (χ4v) is 2.78. The minimum Gasteiger partial charge on any atom is -0.388 e. The summed E-state index contributed by atoms with van der Waals surface area (Å²) in [6.07, 6.45) is 3.18. The topological polar surface area (TPSA) is 20.2 Å². The SMILES string of the molecule is OC(c1ccc(Cl)c2ccccc12)C1CCC1. The lowest BCUT2D eigenvalue weighted by Gasteiger charge is -2.31. The number of benzene rings is 2. The molecule has 1 unspecified atom stereocenters. The first kappa shape index (κ1) is 11.1. The quantitative estimate of drug-likeness (QED) is 0.836. The molecule has 0 aromatic heterocycles. The molecule has 0 amide bonds. The third-order valence-electron chi connectivity index (χ3n) is 3.82. The smallest absolute Gasteiger partial charge is 0.0824 e. The number of fused-ring (bicyclic) bond motifs is 1. The van der Waals surface area contributed by atoms with Gasteiger partial charge in [0, 0.05) is 10.4 Å². The van der Waals surface area contributed by atoms with Crippen LogP contribution in [0.15, 0.2) is 36.4 Å². The van der Waals surface area contributed by atoms with Crippen molar-refractivity contribution in [3.63, 3.8) is 0 Å². The van der Waals surface area contributed by atoms with Crippen molar-refractivity contribution in [2.24, 2.45) is 5.92 Å². The van der Waals surface area contributed by atoms with Crippen molar-refractivity contribution < 1.29 is 5.11 Å². The lowest BCUT2D eigenvalue weighted by atomic mass is 9.78. The Morgan fingerprint density at radius 1 is 1.06 bits per heavy atom.